The molecule has 0 bridgehead atoms. The minimum absolute atomic E-state index is 0.0291. The standard InChI is InChI=1S/C11H14N2O4S/c1-18(16,17)13-12-11(15)8-7-10(14)9-5-3-2-4-6-9/h2-6,13H,7-8H2,1H3,(H,12,15). The number of Topliss-reactive ketones (excluding diaryl/α,β-unsaturated/α-hetero) is 1. The van der Waals surface area contributed by atoms with Crippen LogP contribution in [0.5, 0.6) is 0 Å². The van der Waals surface area contributed by atoms with Gasteiger partial charge in [-0.15, -0.1) is 4.83 Å². The van der Waals surface area contributed by atoms with Crippen molar-refractivity contribution in [3.8, 4) is 0 Å². The van der Waals surface area contributed by atoms with E-state index in [0.29, 0.717) is 5.56 Å². The molecule has 0 spiro atoms. The summed E-state index contributed by atoms with van der Waals surface area (Å²) in [5, 5.41) is 0. The van der Waals surface area contributed by atoms with Crippen molar-refractivity contribution < 1.29 is 18.0 Å². The van der Waals surface area contributed by atoms with Crippen LogP contribution in [0.15, 0.2) is 30.3 Å². The van der Waals surface area contributed by atoms with Crippen LogP contribution >= 0.6 is 0 Å². The van der Waals surface area contributed by atoms with Gasteiger partial charge < -0.3 is 0 Å². The second-order valence-electron chi connectivity index (χ2n) is 3.71. The van der Waals surface area contributed by atoms with E-state index in [1.54, 1.807) is 30.3 Å². The normalized spacial score (nSPS) is 10.9. The quantitative estimate of drug-likeness (QED) is 0.571. The third-order valence-corrected chi connectivity index (χ3v) is 2.52. The molecule has 98 valence electrons. The molecule has 1 rings (SSSR count). The highest BCUT2D eigenvalue weighted by molar-refractivity contribution is 7.88. The lowest BCUT2D eigenvalue weighted by Crippen LogP contribution is -2.40. The molecule has 0 aliphatic heterocycles. The van der Waals surface area contributed by atoms with E-state index in [1.165, 1.54) is 0 Å². The first-order valence-corrected chi connectivity index (χ1v) is 7.11. The number of rotatable bonds is 6. The fourth-order valence-corrected chi connectivity index (χ4v) is 1.51. The van der Waals surface area contributed by atoms with E-state index in [4.69, 9.17) is 0 Å². The summed E-state index contributed by atoms with van der Waals surface area (Å²) >= 11 is 0. The predicted octanol–water partition coefficient (Wildman–Crippen LogP) is 0.230. The zero-order chi connectivity index (χ0) is 13.6. The lowest BCUT2D eigenvalue weighted by Gasteiger charge is -2.04. The molecule has 0 atom stereocenters. The van der Waals surface area contributed by atoms with E-state index in [9.17, 15) is 18.0 Å². The Kier molecular flexibility index (Phi) is 4.99. The highest BCUT2D eigenvalue weighted by atomic mass is 32.2. The van der Waals surface area contributed by atoms with Crippen molar-refractivity contribution in [1.82, 2.24) is 10.3 Å². The van der Waals surface area contributed by atoms with Gasteiger partial charge in [-0.3, -0.25) is 15.0 Å². The first-order chi connectivity index (χ1) is 8.38. The molecule has 1 amide bonds. The van der Waals surface area contributed by atoms with E-state index in [1.807, 2.05) is 10.3 Å². The Hall–Kier alpha value is -1.73. The van der Waals surface area contributed by atoms with Gasteiger partial charge in [-0.1, -0.05) is 30.3 Å². The first kappa shape index (κ1) is 14.3. The third kappa shape index (κ3) is 5.55. The summed E-state index contributed by atoms with van der Waals surface area (Å²) in [6.45, 7) is 0. The molecule has 1 aromatic rings. The number of carbonyl (C=O) groups is 2. The minimum atomic E-state index is -3.48. The molecule has 0 aromatic heterocycles. The number of hydrazine groups is 1. The zero-order valence-corrected chi connectivity index (χ0v) is 10.7. The average molecular weight is 270 g/mol. The molecule has 0 aliphatic rings. The molecule has 2 N–H and O–H groups in total. The van der Waals surface area contributed by atoms with Gasteiger partial charge in [0.2, 0.25) is 15.9 Å². The molecule has 6 nitrogen and oxygen atoms in total. The van der Waals surface area contributed by atoms with Gasteiger partial charge in [-0.25, -0.2) is 8.42 Å². The zero-order valence-electron chi connectivity index (χ0n) is 9.84. The van der Waals surface area contributed by atoms with Crippen molar-refractivity contribution >= 4 is 21.7 Å². The number of carbonyl (C=O) groups excluding carboxylic acids is 2. The Balaban J connectivity index is 2.37. The number of hydrogen-bond acceptors (Lipinski definition) is 4. The summed E-state index contributed by atoms with van der Waals surface area (Å²) in [6.07, 6.45) is 0.875. The van der Waals surface area contributed by atoms with Gasteiger partial charge in [0.15, 0.2) is 5.78 Å². The van der Waals surface area contributed by atoms with Crippen molar-refractivity contribution in [2.45, 2.75) is 12.8 Å². The number of ketones is 1. The molecule has 0 saturated heterocycles. The smallest absolute Gasteiger partial charge is 0.235 e. The summed E-state index contributed by atoms with van der Waals surface area (Å²) in [5.41, 5.74) is 2.53. The van der Waals surface area contributed by atoms with E-state index < -0.39 is 15.9 Å². The Morgan fingerprint density at radius 2 is 1.72 bits per heavy atom. The Morgan fingerprint density at radius 1 is 1.11 bits per heavy atom. The van der Waals surface area contributed by atoms with Gasteiger partial charge >= 0.3 is 0 Å². The largest absolute Gasteiger partial charge is 0.294 e. The summed E-state index contributed by atoms with van der Waals surface area (Å²) < 4.78 is 21.4. The second kappa shape index (κ2) is 6.27. The molecule has 18 heavy (non-hydrogen) atoms. The van der Waals surface area contributed by atoms with Crippen LogP contribution in [0.2, 0.25) is 0 Å². The fraction of sp³-hybridized carbons (Fsp3) is 0.273. The lowest BCUT2D eigenvalue weighted by atomic mass is 10.1. The van der Waals surface area contributed by atoms with Crippen LogP contribution in [-0.4, -0.2) is 26.4 Å². The molecule has 0 unspecified atom stereocenters. The van der Waals surface area contributed by atoms with E-state index >= 15 is 0 Å². The highest BCUT2D eigenvalue weighted by Gasteiger charge is 2.09. The van der Waals surface area contributed by atoms with Crippen molar-refractivity contribution in [3.05, 3.63) is 35.9 Å². The van der Waals surface area contributed by atoms with Crippen LogP contribution in [0.25, 0.3) is 0 Å². The molecular weight excluding hydrogens is 256 g/mol. The third-order valence-electron chi connectivity index (χ3n) is 2.05. The van der Waals surface area contributed by atoms with Crippen molar-refractivity contribution in [2.75, 3.05) is 6.26 Å². The number of hydrogen-bond donors (Lipinski definition) is 2. The Bertz CT molecular complexity index is 525. The number of sulfonamides is 1. The van der Waals surface area contributed by atoms with Gasteiger partial charge in [-0.05, 0) is 0 Å². The minimum Gasteiger partial charge on any atom is -0.294 e. The van der Waals surface area contributed by atoms with E-state index in [0.717, 1.165) is 6.26 Å². The summed E-state index contributed by atoms with van der Waals surface area (Å²) in [6, 6.07) is 8.58. The molecule has 0 radical (unpaired) electrons. The molecule has 0 heterocycles. The van der Waals surface area contributed by atoms with Crippen LogP contribution in [-0.2, 0) is 14.8 Å². The number of benzene rings is 1. The van der Waals surface area contributed by atoms with Gasteiger partial charge in [0.1, 0.15) is 0 Å². The monoisotopic (exact) mass is 270 g/mol. The fourth-order valence-electron chi connectivity index (χ4n) is 1.21. The predicted molar refractivity (Wildman–Crippen MR) is 66.1 cm³/mol. The molecule has 0 aliphatic carbocycles. The average Bonchev–Trinajstić information content (AvgIpc) is 2.33. The van der Waals surface area contributed by atoms with E-state index in [2.05, 4.69) is 0 Å². The summed E-state index contributed by atoms with van der Waals surface area (Å²) in [7, 11) is -3.48. The van der Waals surface area contributed by atoms with Crippen molar-refractivity contribution in [2.24, 2.45) is 0 Å². The van der Waals surface area contributed by atoms with Crippen LogP contribution in [0.1, 0.15) is 23.2 Å². The highest BCUT2D eigenvalue weighted by Crippen LogP contribution is 2.04. The Morgan fingerprint density at radius 3 is 2.28 bits per heavy atom. The topological polar surface area (TPSA) is 92.3 Å². The van der Waals surface area contributed by atoms with Gasteiger partial charge in [-0.2, -0.15) is 0 Å². The number of amides is 1. The first-order valence-electron chi connectivity index (χ1n) is 5.22. The van der Waals surface area contributed by atoms with Crippen molar-refractivity contribution in [1.29, 1.82) is 0 Å². The number of nitrogens with one attached hydrogen (secondary N) is 2. The maximum atomic E-state index is 11.6. The summed E-state index contributed by atoms with van der Waals surface area (Å²) in [5.74, 6) is -0.713. The molecule has 1 aromatic carbocycles. The van der Waals surface area contributed by atoms with E-state index in [-0.39, 0.29) is 18.6 Å². The molecular formula is C11H14N2O4S. The molecule has 0 fully saturated rings. The SMILES string of the molecule is CS(=O)(=O)NNC(=O)CCC(=O)c1ccccc1. The maximum absolute atomic E-state index is 11.6. The van der Waals surface area contributed by atoms with Crippen molar-refractivity contribution in [3.63, 3.8) is 0 Å². The van der Waals surface area contributed by atoms with Crippen LogP contribution < -0.4 is 10.3 Å². The van der Waals surface area contributed by atoms with Crippen LogP contribution in [0.4, 0.5) is 0 Å². The molecule has 0 saturated carbocycles. The van der Waals surface area contributed by atoms with Gasteiger partial charge in [0, 0.05) is 18.4 Å². The van der Waals surface area contributed by atoms with Crippen LogP contribution in [0.3, 0.4) is 0 Å². The maximum Gasteiger partial charge on any atom is 0.235 e. The lowest BCUT2D eigenvalue weighted by molar-refractivity contribution is -0.121. The summed E-state index contributed by atoms with van der Waals surface area (Å²) in [4.78, 5) is 24.7. The van der Waals surface area contributed by atoms with Gasteiger partial charge in [0.25, 0.3) is 0 Å². The van der Waals surface area contributed by atoms with Gasteiger partial charge in [0.05, 0.1) is 6.26 Å². The van der Waals surface area contributed by atoms with Crippen LogP contribution in [0, 0.1) is 0 Å². The molecule has 7 heteroatoms. The second-order valence-corrected chi connectivity index (χ2v) is 5.46. The Labute approximate surface area is 105 Å².